The van der Waals surface area contributed by atoms with E-state index in [0.29, 0.717) is 11.0 Å². The van der Waals surface area contributed by atoms with E-state index in [0.717, 1.165) is 0 Å². The van der Waals surface area contributed by atoms with Crippen LogP contribution in [-0.4, -0.2) is 4.98 Å². The maximum Gasteiger partial charge on any atom is 0.180 e. The fraction of sp³-hybridized carbons (Fsp3) is 0.357. The van der Waals surface area contributed by atoms with Gasteiger partial charge in [-0.1, -0.05) is 50.1 Å². The Labute approximate surface area is 107 Å². The number of hydrogen-bond acceptors (Lipinski definition) is 3. The normalized spacial score (nSPS) is 12.5. The van der Waals surface area contributed by atoms with Gasteiger partial charge in [0.15, 0.2) is 5.13 Å². The van der Waals surface area contributed by atoms with Crippen LogP contribution in [0, 0.1) is 0 Å². The zero-order valence-corrected chi connectivity index (χ0v) is 10.9. The van der Waals surface area contributed by atoms with Crippen LogP contribution in [0.3, 0.4) is 0 Å². The minimum absolute atomic E-state index is 0.450. The molecule has 0 radical (unpaired) electrons. The number of rotatable bonds is 5. The molecule has 2 nitrogen and oxygen atoms in total. The number of nitrogen functional groups attached to an aromatic ring is 1. The highest BCUT2D eigenvalue weighted by Gasteiger charge is 2.15. The van der Waals surface area contributed by atoms with E-state index in [1.807, 2.05) is 6.20 Å². The molecule has 0 spiro atoms. The second kappa shape index (κ2) is 5.82. The first kappa shape index (κ1) is 12.1. The summed E-state index contributed by atoms with van der Waals surface area (Å²) in [6, 6.07) is 10.6. The molecule has 0 aliphatic heterocycles. The first-order valence-electron chi connectivity index (χ1n) is 6.07. The van der Waals surface area contributed by atoms with Gasteiger partial charge < -0.3 is 5.73 Å². The van der Waals surface area contributed by atoms with Crippen LogP contribution in [0.2, 0.25) is 0 Å². The summed E-state index contributed by atoms with van der Waals surface area (Å²) in [5, 5.41) is 0.664. The summed E-state index contributed by atoms with van der Waals surface area (Å²) >= 11 is 1.61. The summed E-state index contributed by atoms with van der Waals surface area (Å²) in [5.74, 6) is 0.450. The highest BCUT2D eigenvalue weighted by Crippen LogP contribution is 2.33. The molecule has 1 atom stereocenters. The molecule has 2 rings (SSSR count). The Hall–Kier alpha value is -1.35. The predicted molar refractivity (Wildman–Crippen MR) is 74.3 cm³/mol. The fourth-order valence-corrected chi connectivity index (χ4v) is 2.88. The van der Waals surface area contributed by atoms with E-state index in [4.69, 9.17) is 5.73 Å². The van der Waals surface area contributed by atoms with Crippen molar-refractivity contribution in [1.82, 2.24) is 4.98 Å². The van der Waals surface area contributed by atoms with Crippen molar-refractivity contribution in [2.45, 2.75) is 32.1 Å². The monoisotopic (exact) mass is 246 g/mol. The Bertz CT molecular complexity index is 450. The summed E-state index contributed by atoms with van der Waals surface area (Å²) in [7, 11) is 0. The zero-order chi connectivity index (χ0) is 12.1. The molecule has 0 aliphatic rings. The Kier molecular flexibility index (Phi) is 4.15. The van der Waals surface area contributed by atoms with Crippen molar-refractivity contribution in [3.05, 3.63) is 47.0 Å². The van der Waals surface area contributed by atoms with Crippen LogP contribution < -0.4 is 5.73 Å². The minimum Gasteiger partial charge on any atom is -0.375 e. The van der Waals surface area contributed by atoms with Gasteiger partial charge in [0.1, 0.15) is 0 Å². The number of hydrogen-bond donors (Lipinski definition) is 1. The van der Waals surface area contributed by atoms with Crippen LogP contribution in [-0.2, 0) is 0 Å². The zero-order valence-electron chi connectivity index (χ0n) is 10.1. The number of benzene rings is 1. The Balaban J connectivity index is 2.25. The Morgan fingerprint density at radius 2 is 2.06 bits per heavy atom. The van der Waals surface area contributed by atoms with Crippen molar-refractivity contribution in [1.29, 1.82) is 0 Å². The quantitative estimate of drug-likeness (QED) is 0.864. The Morgan fingerprint density at radius 1 is 1.29 bits per heavy atom. The number of thiazole rings is 1. The number of nitrogens with zero attached hydrogens (tertiary/aromatic N) is 1. The summed E-state index contributed by atoms with van der Waals surface area (Å²) in [4.78, 5) is 5.45. The molecule has 90 valence electrons. The lowest BCUT2D eigenvalue weighted by molar-refractivity contribution is 0.656. The van der Waals surface area contributed by atoms with Crippen molar-refractivity contribution >= 4 is 16.5 Å². The molecule has 0 saturated heterocycles. The first-order valence-corrected chi connectivity index (χ1v) is 6.89. The summed E-state index contributed by atoms with van der Waals surface area (Å²) in [5.41, 5.74) is 7.10. The predicted octanol–water partition coefficient (Wildman–Crippen LogP) is 4.05. The summed E-state index contributed by atoms with van der Waals surface area (Å²) in [6.45, 7) is 2.23. The molecular formula is C14H18N2S. The summed E-state index contributed by atoms with van der Waals surface area (Å²) in [6.07, 6.45) is 5.55. The lowest BCUT2D eigenvalue weighted by Crippen LogP contribution is -1.98. The molecule has 0 aliphatic carbocycles. The molecule has 17 heavy (non-hydrogen) atoms. The average molecular weight is 246 g/mol. The van der Waals surface area contributed by atoms with E-state index >= 15 is 0 Å². The third-order valence-corrected chi connectivity index (χ3v) is 3.87. The molecule has 0 bridgehead atoms. The maximum atomic E-state index is 5.73. The smallest absolute Gasteiger partial charge is 0.180 e. The second-order valence-corrected chi connectivity index (χ2v) is 5.30. The SMILES string of the molecule is CCCCC(c1ccccc1)c1cnc(N)s1. The largest absolute Gasteiger partial charge is 0.375 e. The molecule has 1 heterocycles. The van der Waals surface area contributed by atoms with Crippen LogP contribution in [0.25, 0.3) is 0 Å². The Morgan fingerprint density at radius 3 is 2.65 bits per heavy atom. The molecule has 2 aromatic rings. The van der Waals surface area contributed by atoms with Gasteiger partial charge in [-0.05, 0) is 12.0 Å². The van der Waals surface area contributed by atoms with E-state index in [2.05, 4.69) is 42.2 Å². The number of anilines is 1. The van der Waals surface area contributed by atoms with Gasteiger partial charge >= 0.3 is 0 Å². The van der Waals surface area contributed by atoms with E-state index in [1.165, 1.54) is 29.7 Å². The molecular weight excluding hydrogens is 228 g/mol. The van der Waals surface area contributed by atoms with Crippen LogP contribution in [0.4, 0.5) is 5.13 Å². The van der Waals surface area contributed by atoms with Gasteiger partial charge in [0.05, 0.1) is 0 Å². The number of aromatic nitrogens is 1. The second-order valence-electron chi connectivity index (χ2n) is 4.21. The molecule has 0 saturated carbocycles. The van der Waals surface area contributed by atoms with Crippen LogP contribution in [0.5, 0.6) is 0 Å². The van der Waals surface area contributed by atoms with Gasteiger partial charge in [-0.25, -0.2) is 4.98 Å². The fourth-order valence-electron chi connectivity index (χ4n) is 2.03. The third kappa shape index (κ3) is 3.07. The molecule has 1 aromatic heterocycles. The standard InChI is InChI=1S/C14H18N2S/c1-2-3-9-12(11-7-5-4-6-8-11)13-10-16-14(15)17-13/h4-8,10,12H,2-3,9H2,1H3,(H2,15,16). The summed E-state index contributed by atoms with van der Waals surface area (Å²) < 4.78 is 0. The minimum atomic E-state index is 0.450. The third-order valence-electron chi connectivity index (χ3n) is 2.93. The van der Waals surface area contributed by atoms with Crippen molar-refractivity contribution < 1.29 is 0 Å². The van der Waals surface area contributed by atoms with Crippen molar-refractivity contribution in [2.75, 3.05) is 5.73 Å². The van der Waals surface area contributed by atoms with E-state index < -0.39 is 0 Å². The lowest BCUT2D eigenvalue weighted by atomic mass is 9.93. The van der Waals surface area contributed by atoms with Gasteiger partial charge in [0, 0.05) is 17.0 Å². The molecule has 0 fully saturated rings. The van der Waals surface area contributed by atoms with Crippen LogP contribution >= 0.6 is 11.3 Å². The van der Waals surface area contributed by atoms with Gasteiger partial charge in [0.2, 0.25) is 0 Å². The maximum absolute atomic E-state index is 5.73. The topological polar surface area (TPSA) is 38.9 Å². The van der Waals surface area contributed by atoms with Crippen LogP contribution in [0.1, 0.15) is 42.5 Å². The van der Waals surface area contributed by atoms with E-state index in [9.17, 15) is 0 Å². The van der Waals surface area contributed by atoms with Gasteiger partial charge in [0.25, 0.3) is 0 Å². The number of nitrogens with two attached hydrogens (primary N) is 1. The average Bonchev–Trinajstić information content (AvgIpc) is 2.78. The highest BCUT2D eigenvalue weighted by atomic mass is 32.1. The lowest BCUT2D eigenvalue weighted by Gasteiger charge is -2.14. The first-order chi connectivity index (χ1) is 8.31. The van der Waals surface area contributed by atoms with Crippen molar-refractivity contribution in [2.24, 2.45) is 0 Å². The molecule has 0 amide bonds. The number of unbranched alkanes of at least 4 members (excludes halogenated alkanes) is 1. The van der Waals surface area contributed by atoms with Gasteiger partial charge in [-0.3, -0.25) is 0 Å². The molecule has 3 heteroatoms. The van der Waals surface area contributed by atoms with Gasteiger partial charge in [-0.2, -0.15) is 0 Å². The van der Waals surface area contributed by atoms with E-state index in [1.54, 1.807) is 11.3 Å². The van der Waals surface area contributed by atoms with Crippen molar-refractivity contribution in [3.8, 4) is 0 Å². The van der Waals surface area contributed by atoms with Crippen molar-refractivity contribution in [3.63, 3.8) is 0 Å². The molecule has 1 aromatic carbocycles. The van der Waals surface area contributed by atoms with Crippen LogP contribution in [0.15, 0.2) is 36.5 Å². The van der Waals surface area contributed by atoms with E-state index in [-0.39, 0.29) is 0 Å². The van der Waals surface area contributed by atoms with Gasteiger partial charge in [-0.15, -0.1) is 11.3 Å². The molecule has 2 N–H and O–H groups in total. The highest BCUT2D eigenvalue weighted by molar-refractivity contribution is 7.15. The molecule has 1 unspecified atom stereocenters.